The van der Waals surface area contributed by atoms with Crippen molar-refractivity contribution in [3.8, 4) is 0 Å². The van der Waals surface area contributed by atoms with Crippen molar-refractivity contribution < 1.29 is 0 Å². The van der Waals surface area contributed by atoms with Gasteiger partial charge >= 0.3 is 0 Å². The number of rotatable bonds is 5. The molecule has 0 aromatic carbocycles. The minimum atomic E-state index is 0.379. The van der Waals surface area contributed by atoms with Crippen LogP contribution in [0.4, 0.5) is 0 Å². The monoisotopic (exact) mass is 282 g/mol. The van der Waals surface area contributed by atoms with Crippen LogP contribution in [0, 0.1) is 5.41 Å². The molecule has 2 rings (SSSR count). The van der Waals surface area contributed by atoms with E-state index >= 15 is 0 Å². The van der Waals surface area contributed by atoms with Crippen molar-refractivity contribution in [2.45, 2.75) is 32.7 Å². The van der Waals surface area contributed by atoms with E-state index in [1.165, 1.54) is 58.7 Å². The van der Waals surface area contributed by atoms with Gasteiger partial charge in [0.2, 0.25) is 0 Å². The highest BCUT2D eigenvalue weighted by Crippen LogP contribution is 2.20. The fraction of sp³-hybridized carbons (Fsp3) is 1.00. The maximum atomic E-state index is 3.32. The summed E-state index contributed by atoms with van der Waals surface area (Å²) in [5.74, 6) is 0. The van der Waals surface area contributed by atoms with E-state index < -0.39 is 0 Å². The van der Waals surface area contributed by atoms with Gasteiger partial charge in [0.15, 0.2) is 0 Å². The lowest BCUT2D eigenvalue weighted by atomic mass is 9.92. The molecule has 0 aliphatic carbocycles. The van der Waals surface area contributed by atoms with Crippen molar-refractivity contribution in [3.63, 3.8) is 0 Å². The first kappa shape index (κ1) is 16.2. The first-order valence-electron chi connectivity index (χ1n) is 8.30. The normalized spacial score (nSPS) is 25.2. The van der Waals surface area contributed by atoms with Crippen LogP contribution in [-0.2, 0) is 0 Å². The predicted molar refractivity (Wildman–Crippen MR) is 86.2 cm³/mol. The molecule has 1 N–H and O–H groups in total. The van der Waals surface area contributed by atoms with E-state index in [9.17, 15) is 0 Å². The Morgan fingerprint density at radius 3 is 2.15 bits per heavy atom. The van der Waals surface area contributed by atoms with Crippen LogP contribution < -0.4 is 5.32 Å². The summed E-state index contributed by atoms with van der Waals surface area (Å²) in [7, 11) is 4.30. The van der Waals surface area contributed by atoms with Crippen LogP contribution in [0.3, 0.4) is 0 Å². The number of nitrogens with one attached hydrogen (secondary N) is 1. The third kappa shape index (κ3) is 4.69. The Bertz CT molecular complexity index is 276. The second-order valence-electron chi connectivity index (χ2n) is 7.54. The Morgan fingerprint density at radius 2 is 1.60 bits per heavy atom. The van der Waals surface area contributed by atoms with Gasteiger partial charge in [-0.15, -0.1) is 0 Å². The molecule has 2 heterocycles. The highest BCUT2D eigenvalue weighted by Gasteiger charge is 2.28. The van der Waals surface area contributed by atoms with Crippen LogP contribution in [0.15, 0.2) is 0 Å². The van der Waals surface area contributed by atoms with Gasteiger partial charge in [0, 0.05) is 45.3 Å². The Labute approximate surface area is 125 Å². The molecular formula is C16H34N4. The Morgan fingerprint density at radius 1 is 1.00 bits per heavy atom. The van der Waals surface area contributed by atoms with E-state index in [0.717, 1.165) is 12.6 Å². The molecule has 118 valence electrons. The second kappa shape index (κ2) is 7.21. The Balaban J connectivity index is 1.72. The first-order valence-corrected chi connectivity index (χ1v) is 8.30. The van der Waals surface area contributed by atoms with E-state index in [4.69, 9.17) is 0 Å². The number of nitrogens with zero attached hydrogens (tertiary/aromatic N) is 3. The number of piperazine rings is 1. The van der Waals surface area contributed by atoms with E-state index in [0.29, 0.717) is 5.41 Å². The molecule has 2 aliphatic heterocycles. The van der Waals surface area contributed by atoms with Crippen molar-refractivity contribution in [3.05, 3.63) is 0 Å². The zero-order valence-electron chi connectivity index (χ0n) is 14.0. The van der Waals surface area contributed by atoms with Gasteiger partial charge < -0.3 is 15.1 Å². The summed E-state index contributed by atoms with van der Waals surface area (Å²) in [6.45, 7) is 14.6. The van der Waals surface area contributed by atoms with E-state index in [-0.39, 0.29) is 0 Å². The van der Waals surface area contributed by atoms with Gasteiger partial charge in [-0.25, -0.2) is 0 Å². The maximum Gasteiger partial charge on any atom is 0.0121 e. The lowest BCUT2D eigenvalue weighted by Crippen LogP contribution is -2.54. The summed E-state index contributed by atoms with van der Waals surface area (Å²) in [5.41, 5.74) is 0.379. The molecule has 2 fully saturated rings. The van der Waals surface area contributed by atoms with E-state index in [2.05, 4.69) is 48.0 Å². The van der Waals surface area contributed by atoms with E-state index in [1.54, 1.807) is 0 Å². The molecule has 4 heteroatoms. The molecule has 2 saturated heterocycles. The molecule has 0 aromatic rings. The largest absolute Gasteiger partial charge is 0.319 e. The molecule has 4 nitrogen and oxygen atoms in total. The van der Waals surface area contributed by atoms with Gasteiger partial charge in [0.05, 0.1) is 0 Å². The van der Waals surface area contributed by atoms with Gasteiger partial charge in [0.1, 0.15) is 0 Å². The Hall–Kier alpha value is -0.160. The molecule has 0 amide bonds. The molecule has 20 heavy (non-hydrogen) atoms. The fourth-order valence-electron chi connectivity index (χ4n) is 3.79. The smallest absolute Gasteiger partial charge is 0.0121 e. The van der Waals surface area contributed by atoms with Crippen LogP contribution in [-0.4, -0.2) is 87.2 Å². The first-order chi connectivity index (χ1) is 9.50. The van der Waals surface area contributed by atoms with Crippen molar-refractivity contribution in [1.82, 2.24) is 20.0 Å². The standard InChI is InChI=1S/C16H34N4/c1-16(2,13-17-3)14-19-9-11-20(12-10-19)15-5-7-18(4)8-6-15/h15,17H,5-14H2,1-4H3. The quantitative estimate of drug-likeness (QED) is 0.810. The number of piperidine rings is 1. The van der Waals surface area contributed by atoms with Crippen molar-refractivity contribution >= 4 is 0 Å². The van der Waals surface area contributed by atoms with Crippen LogP contribution in [0.25, 0.3) is 0 Å². The molecule has 0 unspecified atom stereocenters. The lowest BCUT2D eigenvalue weighted by molar-refractivity contribution is 0.0495. The minimum Gasteiger partial charge on any atom is -0.319 e. The van der Waals surface area contributed by atoms with Crippen molar-refractivity contribution in [1.29, 1.82) is 0 Å². The van der Waals surface area contributed by atoms with Crippen molar-refractivity contribution in [2.24, 2.45) is 5.41 Å². The SMILES string of the molecule is CNCC(C)(C)CN1CCN(C2CCN(C)CC2)CC1. The molecule has 0 bridgehead atoms. The van der Waals surface area contributed by atoms with Crippen LogP contribution in [0.2, 0.25) is 0 Å². The third-order valence-electron chi connectivity index (χ3n) is 4.92. The summed E-state index contributed by atoms with van der Waals surface area (Å²) >= 11 is 0. The van der Waals surface area contributed by atoms with Gasteiger partial charge in [-0.05, 0) is 45.4 Å². The lowest BCUT2D eigenvalue weighted by Gasteiger charge is -2.43. The Kier molecular flexibility index (Phi) is 5.84. The predicted octanol–water partition coefficient (Wildman–Crippen LogP) is 0.944. The van der Waals surface area contributed by atoms with Gasteiger partial charge in [-0.2, -0.15) is 0 Å². The third-order valence-corrected chi connectivity index (χ3v) is 4.92. The molecular weight excluding hydrogens is 248 g/mol. The fourth-order valence-corrected chi connectivity index (χ4v) is 3.79. The number of likely N-dealkylation sites (tertiary alicyclic amines) is 1. The second-order valence-corrected chi connectivity index (χ2v) is 7.54. The van der Waals surface area contributed by atoms with Gasteiger partial charge in [-0.1, -0.05) is 13.8 Å². The molecule has 0 aromatic heterocycles. The molecule has 0 radical (unpaired) electrons. The maximum absolute atomic E-state index is 3.32. The zero-order valence-corrected chi connectivity index (χ0v) is 14.0. The van der Waals surface area contributed by atoms with Gasteiger partial charge in [0.25, 0.3) is 0 Å². The highest BCUT2D eigenvalue weighted by atomic mass is 15.3. The number of hydrogen-bond acceptors (Lipinski definition) is 4. The highest BCUT2D eigenvalue weighted by molar-refractivity contribution is 4.84. The molecule has 0 spiro atoms. The topological polar surface area (TPSA) is 21.8 Å². The summed E-state index contributed by atoms with van der Waals surface area (Å²) < 4.78 is 0. The van der Waals surface area contributed by atoms with E-state index in [1.807, 2.05) is 0 Å². The number of hydrogen-bond donors (Lipinski definition) is 1. The zero-order chi connectivity index (χ0) is 14.6. The summed E-state index contributed by atoms with van der Waals surface area (Å²) in [4.78, 5) is 7.87. The van der Waals surface area contributed by atoms with Crippen LogP contribution >= 0.6 is 0 Å². The van der Waals surface area contributed by atoms with Crippen molar-refractivity contribution in [2.75, 3.05) is 66.5 Å². The molecule has 0 saturated carbocycles. The summed E-state index contributed by atoms with van der Waals surface area (Å²) in [5, 5.41) is 3.32. The average molecular weight is 282 g/mol. The van der Waals surface area contributed by atoms with Crippen LogP contribution in [0.5, 0.6) is 0 Å². The summed E-state index contributed by atoms with van der Waals surface area (Å²) in [6.07, 6.45) is 2.73. The average Bonchev–Trinajstić information content (AvgIpc) is 2.40. The summed E-state index contributed by atoms with van der Waals surface area (Å²) in [6, 6.07) is 0.846. The molecule has 0 atom stereocenters. The van der Waals surface area contributed by atoms with Crippen LogP contribution in [0.1, 0.15) is 26.7 Å². The van der Waals surface area contributed by atoms with Gasteiger partial charge in [-0.3, -0.25) is 4.90 Å². The minimum absolute atomic E-state index is 0.379. The molecule has 2 aliphatic rings.